The number of carboxylic acid groups (broad SMARTS) is 1. The lowest BCUT2D eigenvalue weighted by Crippen LogP contribution is -2.43. The third-order valence-corrected chi connectivity index (χ3v) is 4.27. The number of carboxylic acids is 1. The quantitative estimate of drug-likeness (QED) is 0.662. The molecule has 0 heterocycles. The average molecular weight is 392 g/mol. The summed E-state index contributed by atoms with van der Waals surface area (Å²) >= 11 is 5.96. The zero-order chi connectivity index (χ0) is 19.8. The number of methoxy groups -OCH3 is 1. The van der Waals surface area contributed by atoms with Crippen LogP contribution < -0.4 is 4.74 Å². The van der Waals surface area contributed by atoms with Crippen LogP contribution in [0.25, 0.3) is 0 Å². The Labute approximate surface area is 163 Å². The first-order valence-corrected chi connectivity index (χ1v) is 8.73. The number of carbonyl (C=O) groups is 2. The fraction of sp³-hybridized carbons (Fsp3) is 0.300. The summed E-state index contributed by atoms with van der Waals surface area (Å²) in [5.74, 6) is -0.788. The molecule has 0 radical (unpaired) electrons. The lowest BCUT2D eigenvalue weighted by molar-refractivity contribution is -0.148. The van der Waals surface area contributed by atoms with Gasteiger partial charge in [-0.2, -0.15) is 0 Å². The molecule has 0 saturated heterocycles. The highest BCUT2D eigenvalue weighted by molar-refractivity contribution is 6.30. The van der Waals surface area contributed by atoms with Gasteiger partial charge in [0.1, 0.15) is 18.4 Å². The molecule has 0 aliphatic rings. The molecule has 0 fully saturated rings. The summed E-state index contributed by atoms with van der Waals surface area (Å²) in [6.07, 6.45) is 0.338. The van der Waals surface area contributed by atoms with Crippen LogP contribution in [0, 0.1) is 0 Å². The molecule has 1 atom stereocenters. The van der Waals surface area contributed by atoms with E-state index in [1.165, 1.54) is 12.0 Å². The Kier molecular flexibility index (Phi) is 7.64. The maximum Gasteiger partial charge on any atom is 0.323 e. The standard InChI is InChI=1S/C20H22ClNO5/c1-22(12-19(23)24)18(20(25)26-2)11-14-6-8-17(9-7-14)27-13-15-4-3-5-16(21)10-15/h3-10,18H,11-13H2,1-2H3,(H,23,24)/t18-/m0/s1. The summed E-state index contributed by atoms with van der Waals surface area (Å²) in [5.41, 5.74) is 1.84. The molecule has 6 nitrogen and oxygen atoms in total. The second-order valence-electron chi connectivity index (χ2n) is 6.11. The Morgan fingerprint density at radius 3 is 2.44 bits per heavy atom. The van der Waals surface area contributed by atoms with Crippen molar-refractivity contribution < 1.29 is 24.2 Å². The number of benzene rings is 2. The van der Waals surface area contributed by atoms with Crippen LogP contribution in [-0.4, -0.2) is 48.7 Å². The molecule has 2 aromatic rings. The van der Waals surface area contributed by atoms with Crippen molar-refractivity contribution in [2.45, 2.75) is 19.1 Å². The topological polar surface area (TPSA) is 76.1 Å². The molecule has 7 heteroatoms. The van der Waals surface area contributed by atoms with Crippen LogP contribution in [0.4, 0.5) is 0 Å². The Hall–Kier alpha value is -2.57. The molecule has 0 saturated carbocycles. The minimum absolute atomic E-state index is 0.249. The van der Waals surface area contributed by atoms with Crippen molar-refractivity contribution in [3.63, 3.8) is 0 Å². The van der Waals surface area contributed by atoms with Gasteiger partial charge in [0.05, 0.1) is 13.7 Å². The number of esters is 1. The van der Waals surface area contributed by atoms with E-state index < -0.39 is 18.0 Å². The van der Waals surface area contributed by atoms with Crippen molar-refractivity contribution >= 4 is 23.5 Å². The Bertz CT molecular complexity index is 778. The number of rotatable bonds is 9. The van der Waals surface area contributed by atoms with E-state index in [1.54, 1.807) is 13.1 Å². The first-order valence-electron chi connectivity index (χ1n) is 8.35. The van der Waals surface area contributed by atoms with Gasteiger partial charge in [-0.15, -0.1) is 0 Å². The van der Waals surface area contributed by atoms with E-state index in [0.717, 1.165) is 11.1 Å². The SMILES string of the molecule is COC(=O)[C@H](Cc1ccc(OCc2cccc(Cl)c2)cc1)N(C)CC(=O)O. The first-order chi connectivity index (χ1) is 12.9. The summed E-state index contributed by atoms with van der Waals surface area (Å²) in [4.78, 5) is 24.4. The maximum atomic E-state index is 12.0. The first kappa shape index (κ1) is 20.7. The highest BCUT2D eigenvalue weighted by Gasteiger charge is 2.25. The fourth-order valence-electron chi connectivity index (χ4n) is 2.62. The zero-order valence-corrected chi connectivity index (χ0v) is 16.0. The molecule has 0 aliphatic heterocycles. The van der Waals surface area contributed by atoms with Gasteiger partial charge in [0.2, 0.25) is 0 Å². The summed E-state index contributed by atoms with van der Waals surface area (Å²) in [5, 5.41) is 9.60. The Morgan fingerprint density at radius 1 is 1.15 bits per heavy atom. The monoisotopic (exact) mass is 391 g/mol. The molecule has 144 valence electrons. The van der Waals surface area contributed by atoms with E-state index in [2.05, 4.69) is 0 Å². The van der Waals surface area contributed by atoms with E-state index >= 15 is 0 Å². The molecule has 27 heavy (non-hydrogen) atoms. The van der Waals surface area contributed by atoms with Crippen molar-refractivity contribution in [3.05, 3.63) is 64.7 Å². The maximum absolute atomic E-state index is 12.0. The van der Waals surface area contributed by atoms with Gasteiger partial charge < -0.3 is 14.6 Å². The van der Waals surface area contributed by atoms with Crippen molar-refractivity contribution in [1.29, 1.82) is 0 Å². The molecule has 2 rings (SSSR count). The van der Waals surface area contributed by atoms with Crippen LogP contribution in [0.2, 0.25) is 5.02 Å². The number of aliphatic carboxylic acids is 1. The Morgan fingerprint density at radius 2 is 1.85 bits per heavy atom. The van der Waals surface area contributed by atoms with Crippen LogP contribution in [0.3, 0.4) is 0 Å². The molecule has 0 unspecified atom stereocenters. The van der Waals surface area contributed by atoms with Gasteiger partial charge in [-0.25, -0.2) is 0 Å². The second-order valence-corrected chi connectivity index (χ2v) is 6.55. The molecular formula is C20H22ClNO5. The van der Waals surface area contributed by atoms with E-state index in [4.69, 9.17) is 26.2 Å². The smallest absolute Gasteiger partial charge is 0.323 e. The van der Waals surface area contributed by atoms with Crippen molar-refractivity contribution in [2.75, 3.05) is 20.7 Å². The van der Waals surface area contributed by atoms with Crippen LogP contribution >= 0.6 is 11.6 Å². The van der Waals surface area contributed by atoms with Gasteiger partial charge in [0.25, 0.3) is 0 Å². The third-order valence-electron chi connectivity index (χ3n) is 4.04. The van der Waals surface area contributed by atoms with Gasteiger partial charge >= 0.3 is 11.9 Å². The van der Waals surface area contributed by atoms with Crippen LogP contribution in [-0.2, 0) is 27.4 Å². The summed E-state index contributed by atoms with van der Waals surface area (Å²) < 4.78 is 10.5. The fourth-order valence-corrected chi connectivity index (χ4v) is 2.83. The molecule has 0 bridgehead atoms. The van der Waals surface area contributed by atoms with Crippen molar-refractivity contribution in [3.8, 4) is 5.75 Å². The van der Waals surface area contributed by atoms with Gasteiger partial charge in [-0.1, -0.05) is 35.9 Å². The minimum atomic E-state index is -1.00. The van der Waals surface area contributed by atoms with Gasteiger partial charge in [-0.05, 0) is 48.9 Å². The van der Waals surface area contributed by atoms with Crippen molar-refractivity contribution in [1.82, 2.24) is 4.90 Å². The number of carbonyl (C=O) groups excluding carboxylic acids is 1. The number of hydrogen-bond acceptors (Lipinski definition) is 5. The number of nitrogens with zero attached hydrogens (tertiary/aromatic N) is 1. The lowest BCUT2D eigenvalue weighted by Gasteiger charge is -2.24. The van der Waals surface area contributed by atoms with E-state index in [0.29, 0.717) is 23.8 Å². The number of ether oxygens (including phenoxy) is 2. The molecular weight excluding hydrogens is 370 g/mol. The number of halogens is 1. The summed E-state index contributed by atoms with van der Waals surface area (Å²) in [6.45, 7) is 0.145. The number of likely N-dealkylation sites (N-methyl/N-ethyl adjacent to an activating group) is 1. The third kappa shape index (κ3) is 6.58. The second kappa shape index (κ2) is 9.94. The van der Waals surface area contributed by atoms with Crippen LogP contribution in [0.1, 0.15) is 11.1 Å². The largest absolute Gasteiger partial charge is 0.489 e. The molecule has 0 amide bonds. The van der Waals surface area contributed by atoms with Crippen LogP contribution in [0.15, 0.2) is 48.5 Å². The molecule has 0 aromatic heterocycles. The molecule has 0 spiro atoms. The van der Waals surface area contributed by atoms with E-state index in [9.17, 15) is 9.59 Å². The predicted molar refractivity (Wildman–Crippen MR) is 102 cm³/mol. The van der Waals surface area contributed by atoms with Gasteiger partial charge in [0.15, 0.2) is 0 Å². The molecule has 1 N–H and O–H groups in total. The van der Waals surface area contributed by atoms with Crippen molar-refractivity contribution in [2.24, 2.45) is 0 Å². The molecule has 0 aliphatic carbocycles. The van der Waals surface area contributed by atoms with Crippen LogP contribution in [0.5, 0.6) is 5.75 Å². The number of hydrogen-bond donors (Lipinski definition) is 1. The van der Waals surface area contributed by atoms with Gasteiger partial charge in [-0.3, -0.25) is 14.5 Å². The highest BCUT2D eigenvalue weighted by atomic mass is 35.5. The normalized spacial score (nSPS) is 11.9. The summed E-state index contributed by atoms with van der Waals surface area (Å²) in [7, 11) is 2.87. The highest BCUT2D eigenvalue weighted by Crippen LogP contribution is 2.18. The molecule has 2 aromatic carbocycles. The predicted octanol–water partition coefficient (Wildman–Crippen LogP) is 3.02. The Balaban J connectivity index is 1.99. The van der Waals surface area contributed by atoms with E-state index in [1.807, 2.05) is 42.5 Å². The average Bonchev–Trinajstić information content (AvgIpc) is 2.64. The van der Waals surface area contributed by atoms with Gasteiger partial charge in [0, 0.05) is 5.02 Å². The van der Waals surface area contributed by atoms with E-state index in [-0.39, 0.29) is 6.54 Å². The zero-order valence-electron chi connectivity index (χ0n) is 15.2. The summed E-state index contributed by atoms with van der Waals surface area (Å²) in [6, 6.07) is 14.1. The minimum Gasteiger partial charge on any atom is -0.489 e. The lowest BCUT2D eigenvalue weighted by atomic mass is 10.0.